The Balaban J connectivity index is 1.45. The summed E-state index contributed by atoms with van der Waals surface area (Å²) in [5, 5.41) is 10.9. The van der Waals surface area contributed by atoms with Crippen molar-refractivity contribution < 1.29 is 4.52 Å². The molecule has 0 aromatic carbocycles. The molecule has 2 unspecified atom stereocenters. The number of fused-ring (bicyclic) bond motifs is 1. The van der Waals surface area contributed by atoms with Crippen molar-refractivity contribution in [1.82, 2.24) is 30.3 Å². The van der Waals surface area contributed by atoms with Crippen LogP contribution < -0.4 is 10.2 Å². The fourth-order valence-electron chi connectivity index (χ4n) is 3.90. The lowest BCUT2D eigenvalue weighted by molar-refractivity contribution is 0.190. The normalized spacial score (nSPS) is 24.6. The molecule has 0 saturated carbocycles. The Morgan fingerprint density at radius 2 is 2.23 bits per heavy atom. The monoisotopic (exact) mass is 371 g/mol. The lowest BCUT2D eigenvalue weighted by Crippen LogP contribution is -2.44. The summed E-state index contributed by atoms with van der Waals surface area (Å²) in [5.41, 5.74) is 0. The third kappa shape index (κ3) is 2.67. The second kappa shape index (κ2) is 6.57. The summed E-state index contributed by atoms with van der Waals surface area (Å²) in [6.07, 6.45) is 3.73. The van der Waals surface area contributed by atoms with Gasteiger partial charge < -0.3 is 14.7 Å². The van der Waals surface area contributed by atoms with E-state index in [9.17, 15) is 0 Å². The predicted molar refractivity (Wildman–Crippen MR) is 99.3 cm³/mol. The molecule has 0 radical (unpaired) electrons. The van der Waals surface area contributed by atoms with Gasteiger partial charge in [-0.1, -0.05) is 5.16 Å². The molecule has 0 aliphatic carbocycles. The summed E-state index contributed by atoms with van der Waals surface area (Å²) in [7, 11) is 2.11. The minimum Gasteiger partial charge on any atom is -0.344 e. The summed E-state index contributed by atoms with van der Waals surface area (Å²) in [5.74, 6) is 2.43. The first-order chi connectivity index (χ1) is 12.8. The van der Waals surface area contributed by atoms with Gasteiger partial charge in [0.15, 0.2) is 5.82 Å². The number of likely N-dealkylation sites (N-methyl/N-ethyl adjacent to an activating group) is 1. The van der Waals surface area contributed by atoms with Gasteiger partial charge in [-0.05, 0) is 31.3 Å². The van der Waals surface area contributed by atoms with Gasteiger partial charge in [-0.15, -0.1) is 11.3 Å². The second-order valence-electron chi connectivity index (χ2n) is 6.88. The van der Waals surface area contributed by atoms with Gasteiger partial charge >= 0.3 is 0 Å². The van der Waals surface area contributed by atoms with E-state index >= 15 is 0 Å². The van der Waals surface area contributed by atoms with Crippen molar-refractivity contribution in [3.05, 3.63) is 29.5 Å². The third-order valence-electron chi connectivity index (χ3n) is 5.32. The van der Waals surface area contributed by atoms with E-state index in [2.05, 4.69) is 48.7 Å². The molecule has 2 fully saturated rings. The molecule has 136 valence electrons. The van der Waals surface area contributed by atoms with Crippen LogP contribution in [0.15, 0.2) is 22.3 Å². The van der Waals surface area contributed by atoms with Crippen LogP contribution in [-0.2, 0) is 0 Å². The van der Waals surface area contributed by atoms with Gasteiger partial charge in [-0.25, -0.2) is 9.97 Å². The maximum atomic E-state index is 5.70. The Bertz CT molecular complexity index is 909. The molecule has 1 N–H and O–H groups in total. The lowest BCUT2D eigenvalue weighted by atomic mass is 10.2. The van der Waals surface area contributed by atoms with E-state index in [4.69, 9.17) is 9.51 Å². The number of nitrogens with one attached hydrogen (secondary N) is 1. The number of aromatic nitrogens is 4. The first-order valence-corrected chi connectivity index (χ1v) is 9.88. The molecule has 3 aromatic rings. The second-order valence-corrected chi connectivity index (χ2v) is 7.77. The highest BCUT2D eigenvalue weighted by molar-refractivity contribution is 7.16. The zero-order valence-electron chi connectivity index (χ0n) is 14.6. The highest BCUT2D eigenvalue weighted by Crippen LogP contribution is 2.38. The number of hydrogen-bond acceptors (Lipinski definition) is 9. The van der Waals surface area contributed by atoms with Crippen LogP contribution in [0.5, 0.6) is 0 Å². The fourth-order valence-corrected chi connectivity index (χ4v) is 4.62. The van der Waals surface area contributed by atoms with Crippen LogP contribution >= 0.6 is 11.3 Å². The number of thiophene rings is 1. The van der Waals surface area contributed by atoms with Crippen molar-refractivity contribution in [2.75, 3.05) is 38.1 Å². The third-order valence-corrected chi connectivity index (χ3v) is 6.14. The van der Waals surface area contributed by atoms with Crippen LogP contribution in [-0.4, -0.2) is 58.2 Å². The Kier molecular flexibility index (Phi) is 4.07. The average molecular weight is 371 g/mol. The van der Waals surface area contributed by atoms with Crippen LogP contribution in [0.25, 0.3) is 10.2 Å². The minimum absolute atomic E-state index is 0.0797. The molecule has 2 saturated heterocycles. The topological polar surface area (TPSA) is 83.2 Å². The van der Waals surface area contributed by atoms with E-state index < -0.39 is 0 Å². The van der Waals surface area contributed by atoms with Gasteiger partial charge in [0.1, 0.15) is 23.0 Å². The van der Waals surface area contributed by atoms with E-state index in [0.717, 1.165) is 60.9 Å². The van der Waals surface area contributed by atoms with E-state index in [1.807, 2.05) is 0 Å². The number of rotatable bonds is 3. The first-order valence-electron chi connectivity index (χ1n) is 9.00. The van der Waals surface area contributed by atoms with E-state index in [1.165, 1.54) is 0 Å². The summed E-state index contributed by atoms with van der Waals surface area (Å²) in [6, 6.07) is 2.34. The van der Waals surface area contributed by atoms with Gasteiger partial charge in [0.05, 0.1) is 11.4 Å². The molecule has 8 nitrogen and oxygen atoms in total. The summed E-state index contributed by atoms with van der Waals surface area (Å²) in [6.45, 7) is 3.78. The van der Waals surface area contributed by atoms with Crippen LogP contribution in [0, 0.1) is 0 Å². The Morgan fingerprint density at radius 1 is 1.27 bits per heavy atom. The van der Waals surface area contributed by atoms with E-state index in [1.54, 1.807) is 17.7 Å². The molecule has 2 aliphatic rings. The van der Waals surface area contributed by atoms with Gasteiger partial charge in [0.2, 0.25) is 5.89 Å². The standard InChI is InChI=1S/C17H21N7OS/c1-23-7-5-18-9-13(23)14-21-16(25-22-14)12-3-2-6-24(12)15-11-4-8-26-17(11)20-10-19-15/h4,8,10,12-13,18H,2-3,5-7,9H2,1H3. The number of piperazine rings is 1. The number of nitrogens with zero attached hydrogens (tertiary/aromatic N) is 6. The molecular weight excluding hydrogens is 350 g/mol. The number of anilines is 1. The maximum absolute atomic E-state index is 5.70. The minimum atomic E-state index is 0.0797. The number of hydrogen-bond donors (Lipinski definition) is 1. The molecule has 5 rings (SSSR count). The lowest BCUT2D eigenvalue weighted by Gasteiger charge is -2.30. The van der Waals surface area contributed by atoms with Crippen molar-refractivity contribution in [2.24, 2.45) is 0 Å². The first kappa shape index (κ1) is 16.1. The van der Waals surface area contributed by atoms with Gasteiger partial charge in [0.25, 0.3) is 0 Å². The quantitative estimate of drug-likeness (QED) is 0.748. The van der Waals surface area contributed by atoms with Crippen molar-refractivity contribution in [3.8, 4) is 0 Å². The van der Waals surface area contributed by atoms with Crippen LogP contribution in [0.1, 0.15) is 36.6 Å². The predicted octanol–water partition coefficient (Wildman–Crippen LogP) is 1.99. The van der Waals surface area contributed by atoms with Gasteiger partial charge in [-0.2, -0.15) is 4.98 Å². The highest BCUT2D eigenvalue weighted by atomic mass is 32.1. The summed E-state index contributed by atoms with van der Waals surface area (Å²) < 4.78 is 5.70. The molecule has 3 aromatic heterocycles. The van der Waals surface area contributed by atoms with Gasteiger partial charge in [-0.3, -0.25) is 4.90 Å². The van der Waals surface area contributed by atoms with Crippen molar-refractivity contribution in [1.29, 1.82) is 0 Å². The molecule has 9 heteroatoms. The molecule has 0 amide bonds. The van der Waals surface area contributed by atoms with Crippen molar-refractivity contribution in [3.63, 3.8) is 0 Å². The SMILES string of the molecule is CN1CCNCC1c1noc(C2CCCN2c2ncnc3sccc23)n1. The van der Waals surface area contributed by atoms with Crippen LogP contribution in [0.2, 0.25) is 0 Å². The molecule has 0 bridgehead atoms. The Morgan fingerprint density at radius 3 is 3.15 bits per heavy atom. The smallest absolute Gasteiger partial charge is 0.249 e. The molecule has 5 heterocycles. The van der Waals surface area contributed by atoms with E-state index in [0.29, 0.717) is 5.89 Å². The summed E-state index contributed by atoms with van der Waals surface area (Å²) >= 11 is 1.64. The summed E-state index contributed by atoms with van der Waals surface area (Å²) in [4.78, 5) is 19.3. The van der Waals surface area contributed by atoms with E-state index in [-0.39, 0.29) is 12.1 Å². The zero-order chi connectivity index (χ0) is 17.5. The van der Waals surface area contributed by atoms with Crippen LogP contribution in [0.3, 0.4) is 0 Å². The molecule has 2 atom stereocenters. The van der Waals surface area contributed by atoms with Crippen molar-refractivity contribution in [2.45, 2.75) is 24.9 Å². The average Bonchev–Trinajstić information content (AvgIpc) is 3.40. The Hall–Kier alpha value is -2.10. The maximum Gasteiger partial charge on any atom is 0.249 e. The molecule has 0 spiro atoms. The largest absolute Gasteiger partial charge is 0.344 e. The molecule has 2 aliphatic heterocycles. The van der Waals surface area contributed by atoms with Gasteiger partial charge in [0, 0.05) is 26.2 Å². The fraction of sp³-hybridized carbons (Fsp3) is 0.529. The van der Waals surface area contributed by atoms with Crippen LogP contribution in [0.4, 0.5) is 5.82 Å². The Labute approximate surface area is 155 Å². The van der Waals surface area contributed by atoms with Crippen molar-refractivity contribution >= 4 is 27.4 Å². The zero-order valence-corrected chi connectivity index (χ0v) is 15.4. The molecule has 26 heavy (non-hydrogen) atoms. The molecular formula is C17H21N7OS. The highest BCUT2D eigenvalue weighted by Gasteiger charge is 2.34.